The molecule has 0 spiro atoms. The highest BCUT2D eigenvalue weighted by molar-refractivity contribution is 5.28. The molecule has 0 saturated heterocycles. The minimum Gasteiger partial charge on any atom is -0.197 e. The van der Waals surface area contributed by atoms with Gasteiger partial charge < -0.3 is 0 Å². The Labute approximate surface area is 93.3 Å². The van der Waals surface area contributed by atoms with Crippen LogP contribution in [0.25, 0.3) is 5.69 Å². The molecule has 0 fully saturated rings. The van der Waals surface area contributed by atoms with Crippen molar-refractivity contribution in [3.8, 4) is 11.8 Å². The lowest BCUT2D eigenvalue weighted by Crippen LogP contribution is -2.16. The van der Waals surface area contributed by atoms with Crippen molar-refractivity contribution < 1.29 is 0 Å². The zero-order valence-electron chi connectivity index (χ0n) is 9.12. The van der Waals surface area contributed by atoms with Crippen molar-refractivity contribution >= 4 is 0 Å². The van der Waals surface area contributed by atoms with Crippen LogP contribution in [0.5, 0.6) is 0 Å². The van der Waals surface area contributed by atoms with Gasteiger partial charge in [0.2, 0.25) is 0 Å². The number of aromatic nitrogens is 4. The van der Waals surface area contributed by atoms with Gasteiger partial charge in [-0.2, -0.15) is 5.26 Å². The number of tetrazole rings is 1. The summed E-state index contributed by atoms with van der Waals surface area (Å²) in [6.45, 7) is 3.53. The maximum absolute atomic E-state index is 8.96. The van der Waals surface area contributed by atoms with Crippen molar-refractivity contribution in [2.75, 3.05) is 0 Å². The fraction of sp³-hybridized carbons (Fsp3) is 0.273. The van der Waals surface area contributed by atoms with Crippen LogP contribution in [-0.2, 0) is 5.41 Å². The molecule has 0 atom stereocenters. The number of nitrogens with zero attached hydrogens (tertiary/aromatic N) is 5. The molecule has 0 unspecified atom stereocenters. The van der Waals surface area contributed by atoms with Crippen LogP contribution in [0, 0.1) is 11.3 Å². The quantitative estimate of drug-likeness (QED) is 0.757. The Bertz CT molecular complexity index is 521. The number of hydrogen-bond donors (Lipinski definition) is 0. The van der Waals surface area contributed by atoms with Gasteiger partial charge in [-0.15, -0.1) is 15.0 Å². The molecule has 0 radical (unpaired) electrons. The van der Waals surface area contributed by atoms with Crippen LogP contribution in [-0.4, -0.2) is 20.2 Å². The van der Waals surface area contributed by atoms with Crippen molar-refractivity contribution in [3.05, 3.63) is 36.2 Å². The van der Waals surface area contributed by atoms with Crippen LogP contribution < -0.4 is 0 Å². The first-order chi connectivity index (χ1) is 7.63. The molecule has 0 N–H and O–H groups in total. The molecule has 2 rings (SSSR count). The molecule has 0 aliphatic carbocycles. The Morgan fingerprint density at radius 1 is 1.25 bits per heavy atom. The molecule has 0 bridgehead atoms. The van der Waals surface area contributed by atoms with E-state index in [0.717, 1.165) is 5.69 Å². The average molecular weight is 213 g/mol. The van der Waals surface area contributed by atoms with Gasteiger partial charge >= 0.3 is 0 Å². The first-order valence-electron chi connectivity index (χ1n) is 4.91. The fourth-order valence-corrected chi connectivity index (χ4v) is 1.19. The normalized spacial score (nSPS) is 11.1. The van der Waals surface area contributed by atoms with Crippen LogP contribution in [0.2, 0.25) is 0 Å². The van der Waals surface area contributed by atoms with E-state index in [2.05, 4.69) is 21.5 Å². The number of nitriles is 1. The van der Waals surface area contributed by atoms with E-state index >= 15 is 0 Å². The van der Waals surface area contributed by atoms with Crippen LogP contribution in [0.15, 0.2) is 30.3 Å². The molecule has 0 aliphatic heterocycles. The summed E-state index contributed by atoms with van der Waals surface area (Å²) in [7, 11) is 0. The van der Waals surface area contributed by atoms with Gasteiger partial charge in [-0.05, 0) is 31.2 Å². The largest absolute Gasteiger partial charge is 0.197 e. The summed E-state index contributed by atoms with van der Waals surface area (Å²) in [4.78, 5) is 1.43. The molecule has 0 aliphatic rings. The number of para-hydroxylation sites is 1. The molecule has 1 aromatic carbocycles. The van der Waals surface area contributed by atoms with Gasteiger partial charge in [0.15, 0.2) is 5.82 Å². The monoisotopic (exact) mass is 213 g/mol. The van der Waals surface area contributed by atoms with Crippen molar-refractivity contribution in [3.63, 3.8) is 0 Å². The number of benzene rings is 1. The van der Waals surface area contributed by atoms with E-state index in [0.29, 0.717) is 5.82 Å². The molecule has 0 amide bonds. The molecular formula is C11H11N5. The standard InChI is InChI=1S/C11H11N5/c1-11(2,8-12)10-13-15-16(14-10)9-6-4-3-5-7-9/h3-7H,1-2H3. The zero-order chi connectivity index (χ0) is 11.6. The highest BCUT2D eigenvalue weighted by Crippen LogP contribution is 2.17. The minimum atomic E-state index is -0.715. The minimum absolute atomic E-state index is 0.429. The summed E-state index contributed by atoms with van der Waals surface area (Å²) >= 11 is 0. The van der Waals surface area contributed by atoms with E-state index in [1.54, 1.807) is 13.8 Å². The topological polar surface area (TPSA) is 67.4 Å². The lowest BCUT2D eigenvalue weighted by Gasteiger charge is -2.07. The van der Waals surface area contributed by atoms with Gasteiger partial charge in [0.1, 0.15) is 5.41 Å². The fourth-order valence-electron chi connectivity index (χ4n) is 1.19. The predicted molar refractivity (Wildman–Crippen MR) is 57.8 cm³/mol. The van der Waals surface area contributed by atoms with E-state index < -0.39 is 5.41 Å². The average Bonchev–Trinajstić information content (AvgIpc) is 2.80. The summed E-state index contributed by atoms with van der Waals surface area (Å²) in [6.07, 6.45) is 0. The van der Waals surface area contributed by atoms with Crippen LogP contribution in [0.3, 0.4) is 0 Å². The Hall–Kier alpha value is -2.22. The van der Waals surface area contributed by atoms with E-state index in [4.69, 9.17) is 5.26 Å². The lowest BCUT2D eigenvalue weighted by atomic mass is 9.95. The van der Waals surface area contributed by atoms with Gasteiger partial charge in [-0.1, -0.05) is 18.2 Å². The van der Waals surface area contributed by atoms with Crippen molar-refractivity contribution in [1.29, 1.82) is 5.26 Å². The molecule has 16 heavy (non-hydrogen) atoms. The summed E-state index contributed by atoms with van der Waals surface area (Å²) in [5.74, 6) is 0.429. The third-order valence-corrected chi connectivity index (χ3v) is 2.24. The summed E-state index contributed by atoms with van der Waals surface area (Å²) < 4.78 is 0. The molecule has 1 aromatic heterocycles. The van der Waals surface area contributed by atoms with Crippen LogP contribution in [0.1, 0.15) is 19.7 Å². The second-order valence-corrected chi connectivity index (χ2v) is 3.97. The molecule has 0 saturated carbocycles. The Balaban J connectivity index is 2.39. The third-order valence-electron chi connectivity index (χ3n) is 2.24. The van der Waals surface area contributed by atoms with Crippen LogP contribution in [0.4, 0.5) is 0 Å². The smallest absolute Gasteiger partial charge is 0.194 e. The number of rotatable bonds is 2. The second kappa shape index (κ2) is 3.74. The SMILES string of the molecule is CC(C)(C#N)c1nnn(-c2ccccc2)n1. The van der Waals surface area contributed by atoms with E-state index in [1.165, 1.54) is 4.80 Å². The zero-order valence-corrected chi connectivity index (χ0v) is 9.12. The molecule has 80 valence electrons. The van der Waals surface area contributed by atoms with Crippen molar-refractivity contribution in [2.45, 2.75) is 19.3 Å². The first-order valence-corrected chi connectivity index (χ1v) is 4.91. The molecule has 5 nitrogen and oxygen atoms in total. The van der Waals surface area contributed by atoms with Gasteiger partial charge in [0.05, 0.1) is 11.8 Å². The maximum atomic E-state index is 8.96. The number of hydrogen-bond acceptors (Lipinski definition) is 4. The Morgan fingerprint density at radius 3 is 2.56 bits per heavy atom. The van der Waals surface area contributed by atoms with E-state index in [1.807, 2.05) is 30.3 Å². The second-order valence-electron chi connectivity index (χ2n) is 3.97. The van der Waals surface area contributed by atoms with Gasteiger partial charge in [0, 0.05) is 0 Å². The highest BCUT2D eigenvalue weighted by atomic mass is 15.6. The summed E-state index contributed by atoms with van der Waals surface area (Å²) in [5, 5.41) is 21.0. The summed E-state index contributed by atoms with van der Waals surface area (Å²) in [5.41, 5.74) is 0.113. The van der Waals surface area contributed by atoms with Gasteiger partial charge in [0.25, 0.3) is 0 Å². The Morgan fingerprint density at radius 2 is 1.94 bits per heavy atom. The Kier molecular flexibility index (Phi) is 2.41. The van der Waals surface area contributed by atoms with E-state index in [9.17, 15) is 0 Å². The van der Waals surface area contributed by atoms with Crippen LogP contribution >= 0.6 is 0 Å². The lowest BCUT2D eigenvalue weighted by molar-refractivity contribution is 0.625. The molecule has 1 heterocycles. The maximum Gasteiger partial charge on any atom is 0.194 e. The van der Waals surface area contributed by atoms with Gasteiger partial charge in [-0.25, -0.2) is 0 Å². The highest BCUT2D eigenvalue weighted by Gasteiger charge is 2.25. The molecule has 2 aromatic rings. The van der Waals surface area contributed by atoms with Crippen molar-refractivity contribution in [2.24, 2.45) is 0 Å². The van der Waals surface area contributed by atoms with E-state index in [-0.39, 0.29) is 0 Å². The van der Waals surface area contributed by atoms with Gasteiger partial charge in [-0.3, -0.25) is 0 Å². The molecular weight excluding hydrogens is 202 g/mol. The summed E-state index contributed by atoms with van der Waals surface area (Å²) in [6, 6.07) is 11.6. The first kappa shape index (κ1) is 10.3. The predicted octanol–water partition coefficient (Wildman–Crippen LogP) is 1.46. The van der Waals surface area contributed by atoms with Crippen molar-refractivity contribution in [1.82, 2.24) is 20.2 Å². The third kappa shape index (κ3) is 1.77. The molecule has 5 heteroatoms.